The lowest BCUT2D eigenvalue weighted by Gasteiger charge is -2.29. The Balaban J connectivity index is 2.01. The summed E-state index contributed by atoms with van der Waals surface area (Å²) in [6, 6.07) is 2.62. The minimum Gasteiger partial charge on any atom is -0.502 e. The number of carbonyl (C=O) groups excluding carboxylic acids is 2. The van der Waals surface area contributed by atoms with Gasteiger partial charge < -0.3 is 15.3 Å². The number of phenolic OH excluding ortho intramolecular Hbond substituents is 1. The van der Waals surface area contributed by atoms with E-state index < -0.39 is 28.3 Å². The van der Waals surface area contributed by atoms with Crippen LogP contribution in [-0.2, 0) is 4.79 Å². The number of benzene rings is 1. The largest absolute Gasteiger partial charge is 0.502 e. The molecule has 1 aromatic carbocycles. The Morgan fingerprint density at radius 1 is 1.30 bits per heavy atom. The van der Waals surface area contributed by atoms with Crippen LogP contribution in [0.1, 0.15) is 36.5 Å². The summed E-state index contributed by atoms with van der Waals surface area (Å²) in [4.78, 5) is 36.0. The summed E-state index contributed by atoms with van der Waals surface area (Å²) < 4.78 is 0. The molecule has 0 bridgehead atoms. The van der Waals surface area contributed by atoms with Gasteiger partial charge in [-0.25, -0.2) is 0 Å². The third kappa shape index (κ3) is 3.97. The maximum Gasteiger partial charge on any atom is 0.310 e. The number of phenols is 1. The maximum atomic E-state index is 12.2. The number of nitrogens with one attached hydrogen (secondary N) is 1. The zero-order valence-electron chi connectivity index (χ0n) is 12.8. The van der Waals surface area contributed by atoms with Crippen LogP contribution in [0, 0.1) is 10.1 Å². The number of carbonyl (C=O) groups is 2. The van der Waals surface area contributed by atoms with Crippen LogP contribution in [0.2, 0.25) is 0 Å². The van der Waals surface area contributed by atoms with Gasteiger partial charge in [0.05, 0.1) is 4.92 Å². The lowest BCUT2D eigenvalue weighted by molar-refractivity contribution is -0.385. The van der Waals surface area contributed by atoms with Crippen LogP contribution < -0.4 is 5.32 Å². The smallest absolute Gasteiger partial charge is 0.310 e. The molecule has 0 spiro atoms. The first kappa shape index (κ1) is 16.7. The van der Waals surface area contributed by atoms with Crippen molar-refractivity contribution >= 4 is 17.5 Å². The number of nitro groups is 1. The Hall–Kier alpha value is -2.64. The molecule has 1 heterocycles. The average Bonchev–Trinajstić information content (AvgIpc) is 2.54. The van der Waals surface area contributed by atoms with E-state index >= 15 is 0 Å². The van der Waals surface area contributed by atoms with Gasteiger partial charge in [-0.15, -0.1) is 0 Å². The summed E-state index contributed by atoms with van der Waals surface area (Å²) in [6.45, 7) is 2.98. The van der Waals surface area contributed by atoms with E-state index in [1.165, 1.54) is 6.07 Å². The Morgan fingerprint density at radius 3 is 2.52 bits per heavy atom. The van der Waals surface area contributed by atoms with Gasteiger partial charge in [0.25, 0.3) is 5.91 Å². The molecule has 1 aromatic rings. The molecule has 8 nitrogen and oxygen atoms in total. The Morgan fingerprint density at radius 2 is 1.96 bits per heavy atom. The number of nitro benzene ring substituents is 1. The molecule has 1 aliphatic rings. The number of nitrogens with zero attached hydrogens (tertiary/aromatic N) is 2. The highest BCUT2D eigenvalue weighted by Crippen LogP contribution is 2.26. The number of hydrogen-bond donors (Lipinski definition) is 2. The number of piperidine rings is 1. The average molecular weight is 321 g/mol. The quantitative estimate of drug-likeness (QED) is 0.643. The number of likely N-dealkylation sites (tertiary alicyclic amines) is 1. The molecule has 1 atom stereocenters. The van der Waals surface area contributed by atoms with Crippen molar-refractivity contribution in [3.63, 3.8) is 0 Å². The van der Waals surface area contributed by atoms with Crippen molar-refractivity contribution in [2.75, 3.05) is 13.1 Å². The molecule has 0 aromatic heterocycles. The van der Waals surface area contributed by atoms with Crippen molar-refractivity contribution in [3.05, 3.63) is 33.9 Å². The number of amides is 2. The molecule has 2 amide bonds. The minimum atomic E-state index is -0.737. The summed E-state index contributed by atoms with van der Waals surface area (Å²) in [5, 5.41) is 22.8. The zero-order valence-corrected chi connectivity index (χ0v) is 12.8. The van der Waals surface area contributed by atoms with Gasteiger partial charge in [0.1, 0.15) is 6.04 Å². The van der Waals surface area contributed by atoms with Crippen LogP contribution in [0.4, 0.5) is 5.69 Å². The van der Waals surface area contributed by atoms with E-state index in [0.717, 1.165) is 31.4 Å². The van der Waals surface area contributed by atoms with Crippen molar-refractivity contribution in [1.82, 2.24) is 10.2 Å². The second-order valence-electron chi connectivity index (χ2n) is 5.54. The molecule has 2 rings (SSSR count). The molecular formula is C15H19N3O5. The normalized spacial score (nSPS) is 15.8. The summed E-state index contributed by atoms with van der Waals surface area (Å²) in [6.07, 6.45) is 3.03. The first-order valence-electron chi connectivity index (χ1n) is 7.47. The number of hydrogen-bond acceptors (Lipinski definition) is 5. The van der Waals surface area contributed by atoms with Gasteiger partial charge in [-0.1, -0.05) is 0 Å². The predicted molar refractivity (Wildman–Crippen MR) is 82.1 cm³/mol. The lowest BCUT2D eigenvalue weighted by atomic mass is 10.1. The topological polar surface area (TPSA) is 113 Å². The maximum absolute atomic E-state index is 12.2. The highest BCUT2D eigenvalue weighted by Gasteiger charge is 2.24. The number of rotatable bonds is 4. The van der Waals surface area contributed by atoms with E-state index in [9.17, 15) is 24.8 Å². The first-order valence-corrected chi connectivity index (χ1v) is 7.47. The van der Waals surface area contributed by atoms with Crippen molar-refractivity contribution < 1.29 is 19.6 Å². The summed E-state index contributed by atoms with van der Waals surface area (Å²) in [5.41, 5.74) is -0.412. The number of aromatic hydroxyl groups is 1. The standard InChI is InChI=1S/C15H19N3O5/c1-10(15(21)17-7-3-2-4-8-17)16-14(20)11-5-6-12(18(22)23)13(19)9-11/h5-6,9-10,19H,2-4,7-8H2,1H3,(H,16,20)/t10-/m0/s1. The van der Waals surface area contributed by atoms with Gasteiger partial charge in [-0.2, -0.15) is 0 Å². The second kappa shape index (κ2) is 7.08. The predicted octanol–water partition coefficient (Wildman–Crippen LogP) is 1.43. The molecule has 23 heavy (non-hydrogen) atoms. The van der Waals surface area contributed by atoms with Crippen molar-refractivity contribution in [3.8, 4) is 5.75 Å². The molecule has 0 unspecified atom stereocenters. The van der Waals surface area contributed by atoms with E-state index in [0.29, 0.717) is 13.1 Å². The van der Waals surface area contributed by atoms with E-state index in [2.05, 4.69) is 5.32 Å². The van der Waals surface area contributed by atoms with Crippen molar-refractivity contribution in [2.24, 2.45) is 0 Å². The summed E-state index contributed by atoms with van der Waals surface area (Å²) in [5.74, 6) is -1.30. The van der Waals surface area contributed by atoms with Gasteiger partial charge in [0, 0.05) is 24.7 Å². The molecule has 1 saturated heterocycles. The Labute approximate surface area is 133 Å². The highest BCUT2D eigenvalue weighted by atomic mass is 16.6. The molecule has 2 N–H and O–H groups in total. The van der Waals surface area contributed by atoms with Gasteiger partial charge in [0.15, 0.2) is 5.75 Å². The van der Waals surface area contributed by atoms with Crippen LogP contribution >= 0.6 is 0 Å². The highest BCUT2D eigenvalue weighted by molar-refractivity contribution is 5.98. The summed E-state index contributed by atoms with van der Waals surface area (Å²) >= 11 is 0. The van der Waals surface area contributed by atoms with E-state index in [4.69, 9.17) is 0 Å². The minimum absolute atomic E-state index is 0.0615. The third-order valence-electron chi connectivity index (χ3n) is 3.82. The molecule has 0 saturated carbocycles. The molecule has 8 heteroatoms. The van der Waals surface area contributed by atoms with Crippen LogP contribution in [0.25, 0.3) is 0 Å². The van der Waals surface area contributed by atoms with Crippen molar-refractivity contribution in [1.29, 1.82) is 0 Å². The fourth-order valence-electron chi connectivity index (χ4n) is 2.55. The molecule has 1 fully saturated rings. The lowest BCUT2D eigenvalue weighted by Crippen LogP contribution is -2.48. The van der Waals surface area contributed by atoms with E-state index in [1.807, 2.05) is 0 Å². The second-order valence-corrected chi connectivity index (χ2v) is 5.54. The molecule has 124 valence electrons. The van der Waals surface area contributed by atoms with Crippen LogP contribution in [0.5, 0.6) is 5.75 Å². The fourth-order valence-corrected chi connectivity index (χ4v) is 2.55. The third-order valence-corrected chi connectivity index (χ3v) is 3.82. The van der Waals surface area contributed by atoms with Crippen molar-refractivity contribution in [2.45, 2.75) is 32.2 Å². The first-order chi connectivity index (χ1) is 10.9. The molecule has 0 radical (unpaired) electrons. The zero-order chi connectivity index (χ0) is 17.0. The van der Waals surface area contributed by atoms with Gasteiger partial charge in [-0.3, -0.25) is 19.7 Å². The van der Waals surface area contributed by atoms with E-state index in [-0.39, 0.29) is 11.5 Å². The van der Waals surface area contributed by atoms with Crippen LogP contribution in [-0.4, -0.2) is 45.9 Å². The summed E-state index contributed by atoms with van der Waals surface area (Å²) in [7, 11) is 0. The van der Waals surface area contributed by atoms with Crippen LogP contribution in [0.3, 0.4) is 0 Å². The molecule has 0 aliphatic carbocycles. The van der Waals surface area contributed by atoms with Gasteiger partial charge in [-0.05, 0) is 38.3 Å². The Bertz CT molecular complexity index is 626. The molecular weight excluding hydrogens is 302 g/mol. The fraction of sp³-hybridized carbons (Fsp3) is 0.467. The Kier molecular flexibility index (Phi) is 5.15. The molecule has 1 aliphatic heterocycles. The van der Waals surface area contributed by atoms with E-state index in [1.54, 1.807) is 11.8 Å². The van der Waals surface area contributed by atoms with Crippen LogP contribution in [0.15, 0.2) is 18.2 Å². The van der Waals surface area contributed by atoms with Gasteiger partial charge in [0.2, 0.25) is 5.91 Å². The monoisotopic (exact) mass is 321 g/mol. The van der Waals surface area contributed by atoms with Gasteiger partial charge >= 0.3 is 5.69 Å². The SMILES string of the molecule is C[C@H](NC(=O)c1ccc([N+](=O)[O-])c(O)c1)C(=O)N1CCCCC1.